The van der Waals surface area contributed by atoms with Crippen LogP contribution in [0.5, 0.6) is 5.75 Å². The van der Waals surface area contributed by atoms with Crippen molar-refractivity contribution in [1.82, 2.24) is 4.98 Å². The van der Waals surface area contributed by atoms with E-state index in [1.54, 1.807) is 36.5 Å². The summed E-state index contributed by atoms with van der Waals surface area (Å²) in [4.78, 5) is 27.4. The lowest BCUT2D eigenvalue weighted by molar-refractivity contribution is -0.107. The molecule has 3 rings (SSSR count). The molecule has 0 amide bonds. The summed E-state index contributed by atoms with van der Waals surface area (Å²) in [6.45, 7) is 1.93. The van der Waals surface area contributed by atoms with Gasteiger partial charge in [-0.1, -0.05) is 30.3 Å². The summed E-state index contributed by atoms with van der Waals surface area (Å²) >= 11 is 0. The highest BCUT2D eigenvalue weighted by Crippen LogP contribution is 2.33. The van der Waals surface area contributed by atoms with Crippen LogP contribution < -0.4 is 4.74 Å². The van der Waals surface area contributed by atoms with Crippen molar-refractivity contribution in [3.05, 3.63) is 82.9 Å². The van der Waals surface area contributed by atoms with Crippen LogP contribution in [0, 0.1) is 12.7 Å². The number of aldehydes is 1. The van der Waals surface area contributed by atoms with Gasteiger partial charge in [-0.3, -0.25) is 9.78 Å². The van der Waals surface area contributed by atoms with E-state index in [1.165, 1.54) is 7.11 Å². The van der Waals surface area contributed by atoms with Gasteiger partial charge >= 0.3 is 0 Å². The fraction of sp³-hybridized carbons (Fsp3) is 0.208. The highest BCUT2D eigenvalue weighted by molar-refractivity contribution is 5.97. The van der Waals surface area contributed by atoms with E-state index in [0.717, 1.165) is 23.0 Å². The third-order valence-corrected chi connectivity index (χ3v) is 4.96. The molecule has 0 saturated heterocycles. The molecule has 5 heteroatoms. The van der Waals surface area contributed by atoms with Gasteiger partial charge in [-0.2, -0.15) is 0 Å². The summed E-state index contributed by atoms with van der Waals surface area (Å²) in [6.07, 6.45) is 3.18. The lowest BCUT2D eigenvalue weighted by Crippen LogP contribution is -2.07. The van der Waals surface area contributed by atoms with Gasteiger partial charge in [0.2, 0.25) is 0 Å². The van der Waals surface area contributed by atoms with Gasteiger partial charge in [0.25, 0.3) is 0 Å². The van der Waals surface area contributed by atoms with E-state index in [1.807, 2.05) is 25.1 Å². The minimum atomic E-state index is -0.405. The minimum absolute atomic E-state index is 0.104. The molecule has 0 aliphatic rings. The summed E-state index contributed by atoms with van der Waals surface area (Å²) in [5.41, 5.74) is 4.27. The average Bonchev–Trinajstić information content (AvgIpc) is 2.74. The highest BCUT2D eigenvalue weighted by atomic mass is 19.1. The normalized spacial score (nSPS) is 10.6. The molecule has 1 heterocycles. The lowest BCUT2D eigenvalue weighted by Gasteiger charge is -2.14. The first-order valence-electron chi connectivity index (χ1n) is 9.39. The predicted octanol–water partition coefficient (Wildman–Crippen LogP) is 4.96. The maximum atomic E-state index is 14.8. The van der Waals surface area contributed by atoms with Gasteiger partial charge in [0.15, 0.2) is 17.3 Å². The Labute approximate surface area is 169 Å². The Bertz CT molecular complexity index is 1050. The third kappa shape index (κ3) is 4.40. The van der Waals surface area contributed by atoms with Crippen molar-refractivity contribution in [3.8, 4) is 16.9 Å². The number of benzene rings is 2. The van der Waals surface area contributed by atoms with Gasteiger partial charge in [0.05, 0.1) is 12.8 Å². The molecule has 2 aromatic carbocycles. The highest BCUT2D eigenvalue weighted by Gasteiger charge is 2.16. The zero-order valence-corrected chi connectivity index (χ0v) is 16.4. The zero-order chi connectivity index (χ0) is 20.8. The second-order valence-electron chi connectivity index (χ2n) is 6.71. The molecule has 0 N–H and O–H groups in total. The number of methoxy groups -OCH3 is 1. The zero-order valence-electron chi connectivity index (χ0n) is 16.4. The number of ether oxygens (including phenoxy) is 1. The minimum Gasteiger partial charge on any atom is -0.494 e. The molecule has 29 heavy (non-hydrogen) atoms. The molecule has 1 aromatic heterocycles. The fourth-order valence-electron chi connectivity index (χ4n) is 3.38. The van der Waals surface area contributed by atoms with Crippen LogP contribution in [0.4, 0.5) is 4.39 Å². The number of nitrogens with zero attached hydrogens (tertiary/aromatic N) is 1. The van der Waals surface area contributed by atoms with E-state index < -0.39 is 5.82 Å². The first-order chi connectivity index (χ1) is 14.1. The number of ketones is 1. The maximum Gasteiger partial charge on any atom is 0.172 e. The summed E-state index contributed by atoms with van der Waals surface area (Å²) in [6, 6.07) is 14.2. The Morgan fingerprint density at radius 2 is 1.86 bits per heavy atom. The summed E-state index contributed by atoms with van der Waals surface area (Å²) < 4.78 is 19.9. The Hall–Kier alpha value is -3.34. The number of hydrogen-bond acceptors (Lipinski definition) is 4. The first-order valence-corrected chi connectivity index (χ1v) is 9.39. The van der Waals surface area contributed by atoms with Crippen LogP contribution in [0.2, 0.25) is 0 Å². The van der Waals surface area contributed by atoms with Crippen LogP contribution in [0.25, 0.3) is 11.1 Å². The van der Waals surface area contributed by atoms with Crippen molar-refractivity contribution >= 4 is 12.1 Å². The molecule has 0 radical (unpaired) electrons. The van der Waals surface area contributed by atoms with Crippen molar-refractivity contribution in [2.24, 2.45) is 0 Å². The van der Waals surface area contributed by atoms with E-state index >= 15 is 0 Å². The molecule has 0 aliphatic carbocycles. The Morgan fingerprint density at radius 3 is 2.62 bits per heavy atom. The van der Waals surface area contributed by atoms with E-state index in [-0.39, 0.29) is 24.4 Å². The quantitative estimate of drug-likeness (QED) is 0.402. The number of Topliss-reactive ketones (excluding diaryl/α,β-unsaturated/α-hetero) is 1. The Kier molecular flexibility index (Phi) is 6.50. The fourth-order valence-corrected chi connectivity index (χ4v) is 3.38. The lowest BCUT2D eigenvalue weighted by atomic mass is 9.92. The van der Waals surface area contributed by atoms with Crippen LogP contribution >= 0.6 is 0 Å². The van der Waals surface area contributed by atoms with Gasteiger partial charge in [-0.15, -0.1) is 0 Å². The molecule has 0 saturated carbocycles. The van der Waals surface area contributed by atoms with Crippen LogP contribution in [0.15, 0.2) is 54.7 Å². The van der Waals surface area contributed by atoms with Gasteiger partial charge in [0, 0.05) is 36.6 Å². The van der Waals surface area contributed by atoms with Gasteiger partial charge in [-0.05, 0) is 41.8 Å². The number of pyridine rings is 1. The molecule has 0 bridgehead atoms. The molecule has 148 valence electrons. The largest absolute Gasteiger partial charge is 0.494 e. The number of halogens is 1. The van der Waals surface area contributed by atoms with Crippen molar-refractivity contribution < 1.29 is 18.7 Å². The molecule has 3 aromatic rings. The number of hydrogen-bond donors (Lipinski definition) is 0. The smallest absolute Gasteiger partial charge is 0.172 e. The van der Waals surface area contributed by atoms with Crippen molar-refractivity contribution in [3.63, 3.8) is 0 Å². The van der Waals surface area contributed by atoms with Gasteiger partial charge < -0.3 is 9.53 Å². The Morgan fingerprint density at radius 1 is 1.10 bits per heavy atom. The van der Waals surface area contributed by atoms with Crippen LogP contribution in [0.3, 0.4) is 0 Å². The summed E-state index contributed by atoms with van der Waals surface area (Å²) in [7, 11) is 1.44. The molecule has 4 nitrogen and oxygen atoms in total. The van der Waals surface area contributed by atoms with Crippen LogP contribution in [-0.2, 0) is 11.2 Å². The molecule has 0 atom stereocenters. The second-order valence-corrected chi connectivity index (χ2v) is 6.71. The average molecular weight is 391 g/mol. The number of rotatable bonds is 8. The van der Waals surface area contributed by atoms with Crippen molar-refractivity contribution in [2.45, 2.75) is 26.2 Å². The molecular weight excluding hydrogens is 369 g/mol. The SMILES string of the molecule is COc1cccc(-c2cccc(Cc3ncccc3C(=O)CCC=O)c2C)c1F. The monoisotopic (exact) mass is 391 g/mol. The third-order valence-electron chi connectivity index (χ3n) is 4.96. The first kappa shape index (κ1) is 20.4. The van der Waals surface area contributed by atoms with E-state index in [4.69, 9.17) is 4.74 Å². The second kappa shape index (κ2) is 9.24. The topological polar surface area (TPSA) is 56.3 Å². The van der Waals surface area contributed by atoms with Crippen molar-refractivity contribution in [2.75, 3.05) is 7.11 Å². The number of carbonyl (C=O) groups excluding carboxylic acids is 2. The van der Waals surface area contributed by atoms with Crippen LogP contribution in [0.1, 0.15) is 40.0 Å². The number of carbonyl (C=O) groups is 2. The van der Waals surface area contributed by atoms with Crippen molar-refractivity contribution in [1.29, 1.82) is 0 Å². The summed E-state index contributed by atoms with van der Waals surface area (Å²) in [5.74, 6) is -0.314. The maximum absolute atomic E-state index is 14.8. The van der Waals surface area contributed by atoms with Gasteiger partial charge in [-0.25, -0.2) is 4.39 Å². The van der Waals surface area contributed by atoms with E-state index in [9.17, 15) is 14.0 Å². The molecular formula is C24H22FNO3. The summed E-state index contributed by atoms with van der Waals surface area (Å²) in [5, 5.41) is 0. The Balaban J connectivity index is 1.98. The van der Waals surface area contributed by atoms with Gasteiger partial charge in [0.1, 0.15) is 6.29 Å². The van der Waals surface area contributed by atoms with E-state index in [2.05, 4.69) is 4.98 Å². The van der Waals surface area contributed by atoms with E-state index in [0.29, 0.717) is 23.2 Å². The predicted molar refractivity (Wildman–Crippen MR) is 110 cm³/mol. The molecule has 0 aliphatic heterocycles. The molecule has 0 spiro atoms. The van der Waals surface area contributed by atoms with Crippen LogP contribution in [-0.4, -0.2) is 24.2 Å². The standard InChI is InChI=1S/C24H22FNO3/c1-16-17(15-21-20(10-5-13-26-21)22(28)11-6-14-27)7-3-8-18(16)19-9-4-12-23(29-2)24(19)25/h3-5,7-10,12-14H,6,11,15H2,1-2H3. The number of aromatic nitrogens is 1. The molecule has 0 unspecified atom stereocenters. The molecule has 0 fully saturated rings.